The van der Waals surface area contributed by atoms with Crippen LogP contribution in [0.1, 0.15) is 41.0 Å². The van der Waals surface area contributed by atoms with Crippen molar-refractivity contribution >= 4 is 5.71 Å². The first-order chi connectivity index (χ1) is 6.29. The maximum atomic E-state index is 8.61. The molecule has 0 spiro atoms. The molecule has 0 amide bonds. The zero-order valence-corrected chi connectivity index (χ0v) is 9.89. The SMILES string of the molecule is C=C(C)C=C(C)C(C)(C)CC(C)=NO. The number of allylic oxidation sites excluding steroid dienone is 3. The molecule has 2 heteroatoms. The third-order valence-electron chi connectivity index (χ3n) is 2.40. The molecule has 0 radical (unpaired) electrons. The molecule has 0 atom stereocenters. The van der Waals surface area contributed by atoms with E-state index < -0.39 is 0 Å². The first kappa shape index (κ1) is 12.9. The molecule has 0 aromatic carbocycles. The average molecular weight is 195 g/mol. The molecule has 0 aromatic heterocycles. The van der Waals surface area contributed by atoms with Gasteiger partial charge in [0, 0.05) is 0 Å². The zero-order valence-electron chi connectivity index (χ0n) is 9.89. The van der Waals surface area contributed by atoms with Crippen LogP contribution in [-0.2, 0) is 0 Å². The monoisotopic (exact) mass is 195 g/mol. The van der Waals surface area contributed by atoms with E-state index in [1.807, 2.05) is 13.8 Å². The third kappa shape index (κ3) is 4.26. The molecule has 0 aromatic rings. The Bertz CT molecular complexity index is 272. The Morgan fingerprint density at radius 2 is 1.86 bits per heavy atom. The van der Waals surface area contributed by atoms with Gasteiger partial charge in [0.1, 0.15) is 0 Å². The van der Waals surface area contributed by atoms with Crippen molar-refractivity contribution in [3.05, 3.63) is 23.8 Å². The molecule has 80 valence electrons. The highest BCUT2D eigenvalue weighted by molar-refractivity contribution is 5.82. The van der Waals surface area contributed by atoms with E-state index in [2.05, 4.69) is 38.6 Å². The molecule has 0 aliphatic rings. The summed E-state index contributed by atoms with van der Waals surface area (Å²) in [7, 11) is 0. The molecule has 0 saturated heterocycles. The summed E-state index contributed by atoms with van der Waals surface area (Å²) in [6.45, 7) is 14.0. The van der Waals surface area contributed by atoms with E-state index in [1.54, 1.807) is 0 Å². The fourth-order valence-electron chi connectivity index (χ4n) is 1.38. The second-order valence-electron chi connectivity index (χ2n) is 4.57. The van der Waals surface area contributed by atoms with Crippen molar-refractivity contribution in [2.45, 2.75) is 41.0 Å². The average Bonchev–Trinajstić information content (AvgIpc) is 2.02. The van der Waals surface area contributed by atoms with Crippen LogP contribution in [-0.4, -0.2) is 10.9 Å². The topological polar surface area (TPSA) is 32.6 Å². The van der Waals surface area contributed by atoms with Crippen LogP contribution >= 0.6 is 0 Å². The highest BCUT2D eigenvalue weighted by Crippen LogP contribution is 2.31. The van der Waals surface area contributed by atoms with Crippen LogP contribution in [0.4, 0.5) is 0 Å². The number of hydrogen-bond acceptors (Lipinski definition) is 2. The molecule has 1 N–H and O–H groups in total. The predicted molar refractivity (Wildman–Crippen MR) is 61.9 cm³/mol. The van der Waals surface area contributed by atoms with E-state index in [4.69, 9.17) is 5.21 Å². The van der Waals surface area contributed by atoms with Gasteiger partial charge in [-0.3, -0.25) is 0 Å². The van der Waals surface area contributed by atoms with Crippen LogP contribution in [0.25, 0.3) is 0 Å². The maximum Gasteiger partial charge on any atom is 0.0548 e. The Kier molecular flexibility index (Phi) is 4.61. The van der Waals surface area contributed by atoms with Gasteiger partial charge in [-0.05, 0) is 32.6 Å². The van der Waals surface area contributed by atoms with Gasteiger partial charge in [0.05, 0.1) is 5.71 Å². The lowest BCUT2D eigenvalue weighted by Gasteiger charge is -2.25. The van der Waals surface area contributed by atoms with Crippen molar-refractivity contribution < 1.29 is 5.21 Å². The number of nitrogens with zero attached hydrogens (tertiary/aromatic N) is 1. The molecular weight excluding hydrogens is 174 g/mol. The van der Waals surface area contributed by atoms with Crippen LogP contribution in [0.3, 0.4) is 0 Å². The molecule has 0 aliphatic carbocycles. The van der Waals surface area contributed by atoms with E-state index in [-0.39, 0.29) is 5.41 Å². The van der Waals surface area contributed by atoms with Crippen LogP contribution in [0.5, 0.6) is 0 Å². The second-order valence-corrected chi connectivity index (χ2v) is 4.57. The van der Waals surface area contributed by atoms with Gasteiger partial charge in [-0.15, -0.1) is 0 Å². The highest BCUT2D eigenvalue weighted by atomic mass is 16.4. The lowest BCUT2D eigenvalue weighted by atomic mass is 9.80. The Morgan fingerprint density at radius 3 is 2.21 bits per heavy atom. The predicted octanol–water partition coefficient (Wildman–Crippen LogP) is 3.78. The summed E-state index contributed by atoms with van der Waals surface area (Å²) in [6.07, 6.45) is 2.84. The molecule has 14 heavy (non-hydrogen) atoms. The summed E-state index contributed by atoms with van der Waals surface area (Å²) in [5.41, 5.74) is 3.08. The minimum atomic E-state index is 0.0231. The van der Waals surface area contributed by atoms with Gasteiger partial charge in [0.2, 0.25) is 0 Å². The van der Waals surface area contributed by atoms with Gasteiger partial charge >= 0.3 is 0 Å². The fourth-order valence-corrected chi connectivity index (χ4v) is 1.38. The van der Waals surface area contributed by atoms with E-state index >= 15 is 0 Å². The Morgan fingerprint density at radius 1 is 1.36 bits per heavy atom. The normalized spacial score (nSPS) is 14.4. The van der Waals surface area contributed by atoms with Gasteiger partial charge in [0.15, 0.2) is 0 Å². The summed E-state index contributed by atoms with van der Waals surface area (Å²) in [4.78, 5) is 0. The lowest BCUT2D eigenvalue weighted by molar-refractivity contribution is 0.313. The van der Waals surface area contributed by atoms with Crippen molar-refractivity contribution in [3.8, 4) is 0 Å². The fraction of sp³-hybridized carbons (Fsp3) is 0.583. The molecular formula is C12H21NO. The first-order valence-corrected chi connectivity index (χ1v) is 4.81. The van der Waals surface area contributed by atoms with Crippen LogP contribution in [0.15, 0.2) is 29.0 Å². The lowest BCUT2D eigenvalue weighted by Crippen LogP contribution is -2.17. The molecule has 0 heterocycles. The molecule has 0 aliphatic heterocycles. The molecule has 0 saturated carbocycles. The van der Waals surface area contributed by atoms with E-state index in [0.717, 1.165) is 17.7 Å². The molecule has 0 fully saturated rings. The van der Waals surface area contributed by atoms with Crippen LogP contribution in [0.2, 0.25) is 0 Å². The summed E-state index contributed by atoms with van der Waals surface area (Å²) in [5, 5.41) is 11.8. The summed E-state index contributed by atoms with van der Waals surface area (Å²) in [6, 6.07) is 0. The van der Waals surface area contributed by atoms with Crippen molar-refractivity contribution in [2.75, 3.05) is 0 Å². The summed E-state index contributed by atoms with van der Waals surface area (Å²) < 4.78 is 0. The minimum absolute atomic E-state index is 0.0231. The first-order valence-electron chi connectivity index (χ1n) is 4.81. The van der Waals surface area contributed by atoms with Gasteiger partial charge in [-0.25, -0.2) is 0 Å². The number of hydrogen-bond donors (Lipinski definition) is 1. The second kappa shape index (κ2) is 4.99. The third-order valence-corrected chi connectivity index (χ3v) is 2.40. The smallest absolute Gasteiger partial charge is 0.0548 e. The van der Waals surface area contributed by atoms with Gasteiger partial charge in [-0.2, -0.15) is 0 Å². The van der Waals surface area contributed by atoms with E-state index in [0.29, 0.717) is 0 Å². The van der Waals surface area contributed by atoms with E-state index in [9.17, 15) is 0 Å². The minimum Gasteiger partial charge on any atom is -0.411 e. The quantitative estimate of drug-likeness (QED) is 0.315. The van der Waals surface area contributed by atoms with Gasteiger partial charge in [-0.1, -0.05) is 42.8 Å². The largest absolute Gasteiger partial charge is 0.411 e. The Balaban J connectivity index is 4.69. The molecule has 2 nitrogen and oxygen atoms in total. The molecule has 0 rings (SSSR count). The van der Waals surface area contributed by atoms with Crippen molar-refractivity contribution in [2.24, 2.45) is 10.6 Å². The number of rotatable bonds is 4. The van der Waals surface area contributed by atoms with Crippen molar-refractivity contribution in [1.82, 2.24) is 0 Å². The Labute approximate surface area is 87.0 Å². The standard InChI is InChI=1S/C12H21NO/c1-9(2)7-10(3)12(5,6)8-11(4)13-14/h7,14H,1,8H2,2-6H3. The summed E-state index contributed by atoms with van der Waals surface area (Å²) in [5.74, 6) is 0. The van der Waals surface area contributed by atoms with E-state index in [1.165, 1.54) is 5.57 Å². The van der Waals surface area contributed by atoms with Crippen molar-refractivity contribution in [1.29, 1.82) is 0 Å². The van der Waals surface area contributed by atoms with Gasteiger partial charge < -0.3 is 5.21 Å². The zero-order chi connectivity index (χ0) is 11.4. The van der Waals surface area contributed by atoms with Crippen LogP contribution in [0, 0.1) is 5.41 Å². The summed E-state index contributed by atoms with van der Waals surface area (Å²) >= 11 is 0. The number of oxime groups is 1. The maximum absolute atomic E-state index is 8.61. The highest BCUT2D eigenvalue weighted by Gasteiger charge is 2.21. The van der Waals surface area contributed by atoms with Crippen molar-refractivity contribution in [3.63, 3.8) is 0 Å². The van der Waals surface area contributed by atoms with Gasteiger partial charge in [0.25, 0.3) is 0 Å². The molecule has 0 unspecified atom stereocenters. The Hall–Kier alpha value is -1.05. The van der Waals surface area contributed by atoms with Crippen LogP contribution < -0.4 is 0 Å². The molecule has 0 bridgehead atoms.